The first-order chi connectivity index (χ1) is 14.6. The summed E-state index contributed by atoms with van der Waals surface area (Å²) in [6, 6.07) is 15.5. The maximum absolute atomic E-state index is 13.1. The van der Waals surface area contributed by atoms with E-state index in [-0.39, 0.29) is 18.0 Å². The number of aryl methyl sites for hydroxylation is 1. The molecule has 4 rings (SSSR count). The quantitative estimate of drug-likeness (QED) is 0.794. The smallest absolute Gasteiger partial charge is 0.324 e. The Kier molecular flexibility index (Phi) is 6.33. The molecule has 0 bridgehead atoms. The Hall–Kier alpha value is -2.86. The van der Waals surface area contributed by atoms with Gasteiger partial charge in [0, 0.05) is 44.0 Å². The third-order valence-electron chi connectivity index (χ3n) is 5.89. The van der Waals surface area contributed by atoms with Gasteiger partial charge in [0.25, 0.3) is 5.91 Å². The van der Waals surface area contributed by atoms with Crippen LogP contribution in [-0.4, -0.2) is 49.2 Å². The lowest BCUT2D eigenvalue weighted by Gasteiger charge is -2.36. The Bertz CT molecular complexity index is 891. The first-order valence-corrected chi connectivity index (χ1v) is 10.7. The average molecular weight is 408 g/mol. The Morgan fingerprint density at radius 1 is 1.10 bits per heavy atom. The Morgan fingerprint density at radius 3 is 2.63 bits per heavy atom. The van der Waals surface area contributed by atoms with Crippen molar-refractivity contribution in [2.24, 2.45) is 0 Å². The molecule has 0 unspecified atom stereocenters. The number of amides is 3. The van der Waals surface area contributed by atoms with E-state index in [1.54, 1.807) is 17.0 Å². The summed E-state index contributed by atoms with van der Waals surface area (Å²) < 4.78 is 5.55. The lowest BCUT2D eigenvalue weighted by atomic mass is 10.1. The number of rotatable bonds is 6. The van der Waals surface area contributed by atoms with Crippen LogP contribution >= 0.6 is 0 Å². The normalized spacial score (nSPS) is 19.2. The molecule has 2 aliphatic rings. The van der Waals surface area contributed by atoms with Gasteiger partial charge in [-0.05, 0) is 61.6 Å². The lowest BCUT2D eigenvalue weighted by molar-refractivity contribution is 0.0858. The molecule has 3 amide bonds. The number of carbonyl (C=O) groups is 2. The molecule has 2 aromatic carbocycles. The summed E-state index contributed by atoms with van der Waals surface area (Å²) >= 11 is 0. The maximum Gasteiger partial charge on any atom is 0.324 e. The van der Waals surface area contributed by atoms with Gasteiger partial charge in [-0.25, -0.2) is 4.79 Å². The minimum absolute atomic E-state index is 0.0140. The zero-order valence-corrected chi connectivity index (χ0v) is 17.5. The standard InChI is InChI=1S/C24H29N3O3/c1-18-6-2-3-7-20(18)17-26-13-5-14-27(24(26)29)21-11-9-19(10-12-21)23(28)25-16-22-8-4-15-30-22/h2-3,6-7,9-12,22H,4-5,8,13-17H2,1H3,(H,25,28)/t22-/m1/s1. The second kappa shape index (κ2) is 9.30. The van der Waals surface area contributed by atoms with Crippen molar-refractivity contribution in [2.45, 2.75) is 38.8 Å². The van der Waals surface area contributed by atoms with E-state index in [1.807, 2.05) is 29.2 Å². The van der Waals surface area contributed by atoms with Crippen LogP contribution in [0.25, 0.3) is 0 Å². The second-order valence-corrected chi connectivity index (χ2v) is 8.03. The van der Waals surface area contributed by atoms with Crippen molar-refractivity contribution in [3.05, 3.63) is 65.2 Å². The number of hydrogen-bond donors (Lipinski definition) is 1. The van der Waals surface area contributed by atoms with Gasteiger partial charge in [-0.3, -0.25) is 9.69 Å². The maximum atomic E-state index is 13.1. The van der Waals surface area contributed by atoms with E-state index >= 15 is 0 Å². The highest BCUT2D eigenvalue weighted by Gasteiger charge is 2.27. The minimum atomic E-state index is -0.108. The van der Waals surface area contributed by atoms with Gasteiger partial charge in [0.05, 0.1) is 6.10 Å². The Morgan fingerprint density at radius 2 is 1.90 bits per heavy atom. The van der Waals surface area contributed by atoms with Crippen LogP contribution in [0.2, 0.25) is 0 Å². The number of benzene rings is 2. The van der Waals surface area contributed by atoms with E-state index in [9.17, 15) is 9.59 Å². The van der Waals surface area contributed by atoms with Gasteiger partial charge in [0.2, 0.25) is 0 Å². The molecule has 2 heterocycles. The van der Waals surface area contributed by atoms with Crippen molar-refractivity contribution in [3.63, 3.8) is 0 Å². The lowest BCUT2D eigenvalue weighted by Crippen LogP contribution is -2.49. The summed E-state index contributed by atoms with van der Waals surface area (Å²) in [5.41, 5.74) is 3.79. The highest BCUT2D eigenvalue weighted by atomic mass is 16.5. The third kappa shape index (κ3) is 4.65. The topological polar surface area (TPSA) is 61.9 Å². The summed E-state index contributed by atoms with van der Waals surface area (Å²) in [5, 5.41) is 2.94. The molecule has 0 spiro atoms. The molecule has 0 aromatic heterocycles. The molecule has 0 radical (unpaired) electrons. The van der Waals surface area contributed by atoms with Crippen LogP contribution in [-0.2, 0) is 11.3 Å². The van der Waals surface area contributed by atoms with E-state index in [0.29, 0.717) is 25.2 Å². The zero-order chi connectivity index (χ0) is 20.9. The summed E-state index contributed by atoms with van der Waals surface area (Å²) in [4.78, 5) is 29.2. The Balaban J connectivity index is 1.38. The van der Waals surface area contributed by atoms with Crippen LogP contribution in [0, 0.1) is 6.92 Å². The third-order valence-corrected chi connectivity index (χ3v) is 5.89. The van der Waals surface area contributed by atoms with Gasteiger partial charge in [0.1, 0.15) is 0 Å². The van der Waals surface area contributed by atoms with Crippen molar-refractivity contribution >= 4 is 17.6 Å². The zero-order valence-electron chi connectivity index (χ0n) is 17.5. The predicted molar refractivity (Wildman–Crippen MR) is 117 cm³/mol. The van der Waals surface area contributed by atoms with Crippen LogP contribution in [0.5, 0.6) is 0 Å². The summed E-state index contributed by atoms with van der Waals surface area (Å²) in [6.07, 6.45) is 3.09. The molecule has 158 valence electrons. The number of hydrogen-bond acceptors (Lipinski definition) is 3. The largest absolute Gasteiger partial charge is 0.376 e. The van der Waals surface area contributed by atoms with Gasteiger partial charge in [-0.15, -0.1) is 0 Å². The summed E-state index contributed by atoms with van der Waals surface area (Å²) in [7, 11) is 0. The van der Waals surface area contributed by atoms with E-state index in [1.165, 1.54) is 11.1 Å². The van der Waals surface area contributed by atoms with E-state index in [0.717, 1.165) is 38.1 Å². The fraction of sp³-hybridized carbons (Fsp3) is 0.417. The van der Waals surface area contributed by atoms with Crippen molar-refractivity contribution < 1.29 is 14.3 Å². The van der Waals surface area contributed by atoms with Gasteiger partial charge < -0.3 is 15.0 Å². The number of nitrogens with zero attached hydrogens (tertiary/aromatic N) is 2. The first-order valence-electron chi connectivity index (χ1n) is 10.7. The van der Waals surface area contributed by atoms with Gasteiger partial charge in [-0.2, -0.15) is 0 Å². The van der Waals surface area contributed by atoms with Crippen molar-refractivity contribution in [1.29, 1.82) is 0 Å². The van der Waals surface area contributed by atoms with Crippen LogP contribution < -0.4 is 10.2 Å². The highest BCUT2D eigenvalue weighted by molar-refractivity contribution is 5.96. The molecular weight excluding hydrogens is 378 g/mol. The van der Waals surface area contributed by atoms with Crippen molar-refractivity contribution in [1.82, 2.24) is 10.2 Å². The number of nitrogens with one attached hydrogen (secondary N) is 1. The molecule has 6 nitrogen and oxygen atoms in total. The average Bonchev–Trinajstić information content (AvgIpc) is 3.29. The fourth-order valence-corrected chi connectivity index (χ4v) is 4.07. The molecule has 1 N–H and O–H groups in total. The molecule has 1 atom stereocenters. The summed E-state index contributed by atoms with van der Waals surface area (Å²) in [6.45, 7) is 5.45. The van der Waals surface area contributed by atoms with Crippen LogP contribution in [0.15, 0.2) is 48.5 Å². The first kappa shape index (κ1) is 20.4. The molecule has 2 fully saturated rings. The van der Waals surface area contributed by atoms with E-state index in [2.05, 4.69) is 24.4 Å². The number of urea groups is 1. The summed E-state index contributed by atoms with van der Waals surface area (Å²) in [5.74, 6) is -0.108. The molecular formula is C24H29N3O3. The predicted octanol–water partition coefficient (Wildman–Crippen LogP) is 3.74. The molecule has 0 aliphatic carbocycles. The van der Waals surface area contributed by atoms with E-state index < -0.39 is 0 Å². The minimum Gasteiger partial charge on any atom is -0.376 e. The molecule has 0 saturated carbocycles. The van der Waals surface area contributed by atoms with Crippen LogP contribution in [0.3, 0.4) is 0 Å². The number of ether oxygens (including phenoxy) is 1. The number of carbonyl (C=O) groups excluding carboxylic acids is 2. The Labute approximate surface area is 177 Å². The van der Waals surface area contributed by atoms with Crippen molar-refractivity contribution in [3.8, 4) is 0 Å². The molecule has 6 heteroatoms. The molecule has 2 aromatic rings. The molecule has 30 heavy (non-hydrogen) atoms. The van der Waals surface area contributed by atoms with Gasteiger partial charge in [-0.1, -0.05) is 24.3 Å². The molecule has 2 aliphatic heterocycles. The second-order valence-electron chi connectivity index (χ2n) is 8.03. The van der Waals surface area contributed by atoms with Crippen LogP contribution in [0.1, 0.15) is 40.7 Å². The van der Waals surface area contributed by atoms with Crippen LogP contribution in [0.4, 0.5) is 10.5 Å². The number of anilines is 1. The monoisotopic (exact) mass is 407 g/mol. The van der Waals surface area contributed by atoms with Crippen molar-refractivity contribution in [2.75, 3.05) is 31.1 Å². The fourth-order valence-electron chi connectivity index (χ4n) is 4.07. The van der Waals surface area contributed by atoms with Gasteiger partial charge >= 0.3 is 6.03 Å². The SMILES string of the molecule is Cc1ccccc1CN1CCCN(c2ccc(C(=O)NC[C@H]3CCCO3)cc2)C1=O. The van der Waals surface area contributed by atoms with E-state index in [4.69, 9.17) is 4.74 Å². The molecule has 2 saturated heterocycles. The highest BCUT2D eigenvalue weighted by Crippen LogP contribution is 2.23. The van der Waals surface area contributed by atoms with Gasteiger partial charge in [0.15, 0.2) is 0 Å².